The number of hydrogen-bond acceptors (Lipinski definition) is 5. The summed E-state index contributed by atoms with van der Waals surface area (Å²) in [6.45, 7) is 4.04. The highest BCUT2D eigenvalue weighted by Gasteiger charge is 2.06. The van der Waals surface area contributed by atoms with Gasteiger partial charge in [-0.25, -0.2) is 15.0 Å². The lowest BCUT2D eigenvalue weighted by atomic mass is 10.1. The van der Waals surface area contributed by atoms with Crippen molar-refractivity contribution in [3.63, 3.8) is 0 Å². The molecule has 1 atom stereocenters. The minimum Gasteiger partial charge on any atom is -0.328 e. The Morgan fingerprint density at radius 1 is 1.28 bits per heavy atom. The molecule has 0 aliphatic heterocycles. The molecule has 0 radical (unpaired) electrons. The minimum atomic E-state index is 0.155. The molecule has 4 nitrogen and oxygen atoms in total. The van der Waals surface area contributed by atoms with E-state index < -0.39 is 0 Å². The quantitative estimate of drug-likeness (QED) is 0.854. The van der Waals surface area contributed by atoms with E-state index in [0.717, 1.165) is 17.0 Å². The maximum absolute atomic E-state index is 5.78. The number of hydrogen-bond donors (Lipinski definition) is 1. The summed E-state index contributed by atoms with van der Waals surface area (Å²) in [7, 11) is 0. The largest absolute Gasteiger partial charge is 0.328 e. The molecular weight excluding hydrogens is 244 g/mol. The van der Waals surface area contributed by atoms with E-state index in [1.54, 1.807) is 18.5 Å². The third kappa shape index (κ3) is 3.51. The molecule has 0 aliphatic carbocycles. The Labute approximate surface area is 111 Å². The fraction of sp³-hybridized carbons (Fsp3) is 0.308. The van der Waals surface area contributed by atoms with Gasteiger partial charge in [0.15, 0.2) is 5.16 Å². The van der Waals surface area contributed by atoms with Crippen molar-refractivity contribution in [3.8, 4) is 0 Å². The highest BCUT2D eigenvalue weighted by molar-refractivity contribution is 7.99. The summed E-state index contributed by atoms with van der Waals surface area (Å²) < 4.78 is 0. The molecule has 2 rings (SSSR count). The molecule has 5 heteroatoms. The molecule has 2 aromatic rings. The summed E-state index contributed by atoms with van der Waals surface area (Å²) in [5.74, 6) is 0. The Morgan fingerprint density at radius 3 is 2.61 bits per heavy atom. The van der Waals surface area contributed by atoms with Crippen LogP contribution in [0.25, 0.3) is 0 Å². The topological polar surface area (TPSA) is 64.7 Å². The zero-order valence-electron chi connectivity index (χ0n) is 10.5. The lowest BCUT2D eigenvalue weighted by Crippen LogP contribution is -2.17. The van der Waals surface area contributed by atoms with Crippen molar-refractivity contribution in [2.45, 2.75) is 36.5 Å². The van der Waals surface area contributed by atoms with Crippen molar-refractivity contribution in [1.29, 1.82) is 0 Å². The van der Waals surface area contributed by atoms with Crippen molar-refractivity contribution in [3.05, 3.63) is 41.9 Å². The number of aryl methyl sites for hydroxylation is 1. The second-order valence-corrected chi connectivity index (χ2v) is 5.24. The Hall–Kier alpha value is -1.46. The van der Waals surface area contributed by atoms with Gasteiger partial charge in [-0.1, -0.05) is 6.07 Å². The van der Waals surface area contributed by atoms with E-state index in [0.29, 0.717) is 5.16 Å². The van der Waals surface area contributed by atoms with Gasteiger partial charge in [-0.15, -0.1) is 0 Å². The van der Waals surface area contributed by atoms with Crippen molar-refractivity contribution < 1.29 is 0 Å². The second-order valence-electron chi connectivity index (χ2n) is 4.28. The van der Waals surface area contributed by atoms with Gasteiger partial charge in [-0.05, 0) is 49.2 Å². The predicted molar refractivity (Wildman–Crippen MR) is 72.5 cm³/mol. The third-order valence-electron chi connectivity index (χ3n) is 2.37. The monoisotopic (exact) mass is 260 g/mol. The molecule has 0 saturated carbocycles. The van der Waals surface area contributed by atoms with E-state index in [1.807, 2.05) is 20.0 Å². The minimum absolute atomic E-state index is 0.155. The molecular formula is C13H16N4S. The zero-order chi connectivity index (χ0) is 13.0. The van der Waals surface area contributed by atoms with Gasteiger partial charge in [0, 0.05) is 24.6 Å². The number of rotatable bonds is 4. The number of nitrogens with zero attached hydrogens (tertiary/aromatic N) is 3. The van der Waals surface area contributed by atoms with E-state index in [4.69, 9.17) is 5.73 Å². The molecule has 2 heterocycles. The average Bonchev–Trinajstić information content (AvgIpc) is 2.33. The third-order valence-corrected chi connectivity index (χ3v) is 3.39. The second kappa shape index (κ2) is 5.93. The number of pyridine rings is 1. The molecule has 0 aliphatic rings. The lowest BCUT2D eigenvalue weighted by molar-refractivity contribution is 0.733. The lowest BCUT2D eigenvalue weighted by Gasteiger charge is -2.08. The first-order chi connectivity index (χ1) is 8.65. The Kier molecular flexibility index (Phi) is 4.28. The van der Waals surface area contributed by atoms with Crippen LogP contribution in [0.15, 0.2) is 40.9 Å². The summed E-state index contributed by atoms with van der Waals surface area (Å²) in [5, 5.41) is 1.66. The van der Waals surface area contributed by atoms with Crippen LogP contribution in [0.4, 0.5) is 0 Å². The van der Waals surface area contributed by atoms with Crippen molar-refractivity contribution in [2.75, 3.05) is 0 Å². The highest BCUT2D eigenvalue weighted by atomic mass is 32.2. The Bertz CT molecular complexity index is 514. The molecule has 2 aromatic heterocycles. The van der Waals surface area contributed by atoms with Crippen LogP contribution in [0, 0.1) is 6.92 Å². The zero-order valence-corrected chi connectivity index (χ0v) is 11.3. The first-order valence-corrected chi connectivity index (χ1v) is 6.63. The maximum Gasteiger partial charge on any atom is 0.193 e. The van der Waals surface area contributed by atoms with Gasteiger partial charge in [0.25, 0.3) is 0 Å². The van der Waals surface area contributed by atoms with Crippen LogP contribution in [0.1, 0.15) is 18.1 Å². The van der Waals surface area contributed by atoms with Gasteiger partial charge in [-0.3, -0.25) is 0 Å². The Balaban J connectivity index is 2.15. The summed E-state index contributed by atoms with van der Waals surface area (Å²) in [6.07, 6.45) is 6.19. The number of aromatic nitrogens is 3. The van der Waals surface area contributed by atoms with Crippen molar-refractivity contribution in [1.82, 2.24) is 15.0 Å². The van der Waals surface area contributed by atoms with Crippen LogP contribution in [-0.2, 0) is 6.42 Å². The summed E-state index contributed by atoms with van der Waals surface area (Å²) in [5.41, 5.74) is 8.08. The molecule has 0 fully saturated rings. The first-order valence-electron chi connectivity index (χ1n) is 5.81. The molecule has 0 amide bonds. The fourth-order valence-electron chi connectivity index (χ4n) is 1.64. The standard InChI is InChI=1S/C13H16N4S/c1-9-6-11(7-10(2)14)8-17-12(9)18-13-15-4-3-5-16-13/h3-6,8,10H,7,14H2,1-2H3. The fourth-order valence-corrected chi connectivity index (χ4v) is 2.36. The SMILES string of the molecule is Cc1cc(CC(C)N)cnc1Sc1ncccn1. The van der Waals surface area contributed by atoms with Gasteiger partial charge in [0.05, 0.1) is 0 Å². The van der Waals surface area contributed by atoms with Crippen LogP contribution >= 0.6 is 11.8 Å². The van der Waals surface area contributed by atoms with Crippen LogP contribution in [0.3, 0.4) is 0 Å². The van der Waals surface area contributed by atoms with E-state index in [-0.39, 0.29) is 6.04 Å². The molecule has 0 aromatic carbocycles. The normalized spacial score (nSPS) is 12.4. The van der Waals surface area contributed by atoms with Crippen LogP contribution in [0.5, 0.6) is 0 Å². The average molecular weight is 260 g/mol. The molecule has 0 saturated heterocycles. The molecule has 1 unspecified atom stereocenters. The highest BCUT2D eigenvalue weighted by Crippen LogP contribution is 2.25. The smallest absolute Gasteiger partial charge is 0.193 e. The van der Waals surface area contributed by atoms with Crippen molar-refractivity contribution in [2.24, 2.45) is 5.73 Å². The van der Waals surface area contributed by atoms with E-state index in [2.05, 4.69) is 21.0 Å². The van der Waals surface area contributed by atoms with Crippen LogP contribution in [0.2, 0.25) is 0 Å². The summed E-state index contributed by atoms with van der Waals surface area (Å²) in [6, 6.07) is 4.08. The van der Waals surface area contributed by atoms with Crippen LogP contribution in [-0.4, -0.2) is 21.0 Å². The van der Waals surface area contributed by atoms with E-state index in [1.165, 1.54) is 17.3 Å². The molecule has 18 heavy (non-hydrogen) atoms. The first kappa shape index (κ1) is 13.0. The van der Waals surface area contributed by atoms with Gasteiger partial charge in [-0.2, -0.15) is 0 Å². The van der Waals surface area contributed by atoms with E-state index >= 15 is 0 Å². The van der Waals surface area contributed by atoms with Crippen LogP contribution < -0.4 is 5.73 Å². The van der Waals surface area contributed by atoms with E-state index in [9.17, 15) is 0 Å². The van der Waals surface area contributed by atoms with Gasteiger partial charge in [0.2, 0.25) is 0 Å². The number of nitrogens with two attached hydrogens (primary N) is 1. The predicted octanol–water partition coefficient (Wildman–Crippen LogP) is 2.22. The Morgan fingerprint density at radius 2 is 2.00 bits per heavy atom. The summed E-state index contributed by atoms with van der Waals surface area (Å²) in [4.78, 5) is 12.8. The molecule has 94 valence electrons. The van der Waals surface area contributed by atoms with Gasteiger partial charge >= 0.3 is 0 Å². The van der Waals surface area contributed by atoms with Gasteiger partial charge < -0.3 is 5.73 Å². The van der Waals surface area contributed by atoms with Crippen molar-refractivity contribution >= 4 is 11.8 Å². The summed E-state index contributed by atoms with van der Waals surface area (Å²) >= 11 is 1.48. The molecule has 0 bridgehead atoms. The van der Waals surface area contributed by atoms with Gasteiger partial charge in [0.1, 0.15) is 5.03 Å². The molecule has 0 spiro atoms. The molecule has 2 N–H and O–H groups in total. The maximum atomic E-state index is 5.78.